The first-order chi connectivity index (χ1) is 10.2. The van der Waals surface area contributed by atoms with Crippen LogP contribution in [0.3, 0.4) is 0 Å². The van der Waals surface area contributed by atoms with Crippen LogP contribution in [0, 0.1) is 5.92 Å². The van der Waals surface area contributed by atoms with E-state index in [1.54, 1.807) is 0 Å². The molecule has 0 aromatic heterocycles. The zero-order valence-corrected chi connectivity index (χ0v) is 13.5. The predicted octanol–water partition coefficient (Wildman–Crippen LogP) is 1.85. The standard InChI is InChI=1S/C17H31N3O/c1-19(12-13-20-10-4-5-11-20)17(21)16-9-8-14-6-2-3-7-15(14)18-16/h14-16,18H,2-13H2,1H3. The number of carbonyl (C=O) groups is 1. The molecule has 1 amide bonds. The van der Waals surface area contributed by atoms with Crippen LogP contribution >= 0.6 is 0 Å². The molecule has 4 nitrogen and oxygen atoms in total. The number of hydrogen-bond donors (Lipinski definition) is 1. The Morgan fingerprint density at radius 2 is 1.86 bits per heavy atom. The molecule has 1 N–H and O–H groups in total. The second-order valence-corrected chi connectivity index (χ2v) is 7.26. The second kappa shape index (κ2) is 7.10. The average Bonchev–Trinajstić information content (AvgIpc) is 3.05. The highest BCUT2D eigenvalue weighted by Crippen LogP contribution is 2.32. The van der Waals surface area contributed by atoms with Crippen LogP contribution in [0.2, 0.25) is 0 Å². The van der Waals surface area contributed by atoms with Crippen molar-refractivity contribution in [1.82, 2.24) is 15.1 Å². The maximum absolute atomic E-state index is 12.6. The number of piperidine rings is 1. The number of rotatable bonds is 4. The van der Waals surface area contributed by atoms with Crippen molar-refractivity contribution in [2.45, 2.75) is 63.5 Å². The smallest absolute Gasteiger partial charge is 0.239 e. The number of nitrogens with one attached hydrogen (secondary N) is 1. The van der Waals surface area contributed by atoms with Crippen molar-refractivity contribution < 1.29 is 4.79 Å². The maximum atomic E-state index is 12.6. The molecule has 3 unspecified atom stereocenters. The number of nitrogens with zero attached hydrogens (tertiary/aromatic N) is 2. The molecule has 0 aromatic carbocycles. The molecule has 0 aromatic rings. The van der Waals surface area contributed by atoms with Gasteiger partial charge in [0.25, 0.3) is 0 Å². The summed E-state index contributed by atoms with van der Waals surface area (Å²) in [4.78, 5) is 17.1. The molecule has 2 saturated heterocycles. The minimum atomic E-state index is 0.0768. The van der Waals surface area contributed by atoms with Gasteiger partial charge in [0.2, 0.25) is 5.91 Å². The lowest BCUT2D eigenvalue weighted by atomic mass is 9.77. The number of likely N-dealkylation sites (N-methyl/N-ethyl adjacent to an activating group) is 1. The van der Waals surface area contributed by atoms with Gasteiger partial charge in [-0.3, -0.25) is 4.79 Å². The van der Waals surface area contributed by atoms with Gasteiger partial charge in [0.05, 0.1) is 6.04 Å². The van der Waals surface area contributed by atoms with Crippen molar-refractivity contribution in [1.29, 1.82) is 0 Å². The van der Waals surface area contributed by atoms with E-state index in [0.717, 1.165) is 25.4 Å². The molecule has 0 bridgehead atoms. The molecular formula is C17H31N3O. The Balaban J connectivity index is 1.45. The normalized spacial score (nSPS) is 33.7. The molecule has 3 fully saturated rings. The summed E-state index contributed by atoms with van der Waals surface area (Å²) in [6.07, 6.45) is 10.3. The van der Waals surface area contributed by atoms with Crippen molar-refractivity contribution in [3.05, 3.63) is 0 Å². The molecule has 120 valence electrons. The third kappa shape index (κ3) is 3.78. The second-order valence-electron chi connectivity index (χ2n) is 7.26. The fraction of sp³-hybridized carbons (Fsp3) is 0.941. The van der Waals surface area contributed by atoms with E-state index < -0.39 is 0 Å². The fourth-order valence-corrected chi connectivity index (χ4v) is 4.36. The van der Waals surface area contributed by atoms with E-state index in [1.165, 1.54) is 58.0 Å². The van der Waals surface area contributed by atoms with Crippen LogP contribution in [-0.2, 0) is 4.79 Å². The average molecular weight is 293 g/mol. The molecule has 0 spiro atoms. The number of fused-ring (bicyclic) bond motifs is 1. The molecule has 3 rings (SSSR count). The van der Waals surface area contributed by atoms with Gasteiger partial charge in [-0.05, 0) is 57.5 Å². The van der Waals surface area contributed by atoms with E-state index >= 15 is 0 Å². The monoisotopic (exact) mass is 293 g/mol. The lowest BCUT2D eigenvalue weighted by Gasteiger charge is -2.41. The van der Waals surface area contributed by atoms with Gasteiger partial charge in [-0.2, -0.15) is 0 Å². The number of likely N-dealkylation sites (tertiary alicyclic amines) is 1. The van der Waals surface area contributed by atoms with Crippen LogP contribution in [0.25, 0.3) is 0 Å². The topological polar surface area (TPSA) is 35.6 Å². The Morgan fingerprint density at radius 1 is 1.10 bits per heavy atom. The summed E-state index contributed by atoms with van der Waals surface area (Å²) < 4.78 is 0. The van der Waals surface area contributed by atoms with Crippen molar-refractivity contribution in [3.63, 3.8) is 0 Å². The SMILES string of the molecule is CN(CCN1CCCC1)C(=O)C1CCC2CCCCC2N1. The van der Waals surface area contributed by atoms with Crippen LogP contribution in [0.5, 0.6) is 0 Å². The van der Waals surface area contributed by atoms with E-state index in [9.17, 15) is 4.79 Å². The molecule has 3 aliphatic rings. The van der Waals surface area contributed by atoms with E-state index in [2.05, 4.69) is 10.2 Å². The first kappa shape index (κ1) is 15.3. The first-order valence-corrected chi connectivity index (χ1v) is 8.97. The van der Waals surface area contributed by atoms with Gasteiger partial charge in [-0.1, -0.05) is 12.8 Å². The molecule has 0 radical (unpaired) electrons. The van der Waals surface area contributed by atoms with Gasteiger partial charge in [0, 0.05) is 26.2 Å². The maximum Gasteiger partial charge on any atom is 0.239 e. The van der Waals surface area contributed by atoms with Crippen LogP contribution in [0.15, 0.2) is 0 Å². The van der Waals surface area contributed by atoms with E-state index in [-0.39, 0.29) is 6.04 Å². The van der Waals surface area contributed by atoms with Crippen molar-refractivity contribution in [3.8, 4) is 0 Å². The van der Waals surface area contributed by atoms with E-state index in [1.807, 2.05) is 11.9 Å². The fourth-order valence-electron chi connectivity index (χ4n) is 4.36. The molecule has 3 atom stereocenters. The van der Waals surface area contributed by atoms with Crippen LogP contribution in [0.1, 0.15) is 51.4 Å². The highest BCUT2D eigenvalue weighted by Gasteiger charge is 2.35. The van der Waals surface area contributed by atoms with Gasteiger partial charge in [-0.15, -0.1) is 0 Å². The Morgan fingerprint density at radius 3 is 2.67 bits per heavy atom. The van der Waals surface area contributed by atoms with Crippen LogP contribution < -0.4 is 5.32 Å². The van der Waals surface area contributed by atoms with Crippen molar-refractivity contribution >= 4 is 5.91 Å². The highest BCUT2D eigenvalue weighted by atomic mass is 16.2. The zero-order valence-electron chi connectivity index (χ0n) is 13.5. The summed E-state index contributed by atoms with van der Waals surface area (Å²) in [5.74, 6) is 1.15. The highest BCUT2D eigenvalue weighted by molar-refractivity contribution is 5.81. The number of amides is 1. The van der Waals surface area contributed by atoms with E-state index in [4.69, 9.17) is 0 Å². The zero-order chi connectivity index (χ0) is 14.7. The Hall–Kier alpha value is -0.610. The number of carbonyl (C=O) groups excluding carboxylic acids is 1. The molecule has 4 heteroatoms. The van der Waals surface area contributed by atoms with Crippen LogP contribution in [0.4, 0.5) is 0 Å². The largest absolute Gasteiger partial charge is 0.343 e. The van der Waals surface area contributed by atoms with Gasteiger partial charge < -0.3 is 15.1 Å². The summed E-state index contributed by atoms with van der Waals surface area (Å²) in [6.45, 7) is 4.35. The third-order valence-electron chi connectivity index (χ3n) is 5.78. The lowest BCUT2D eigenvalue weighted by Crippen LogP contribution is -2.55. The molecule has 2 aliphatic heterocycles. The number of hydrogen-bond acceptors (Lipinski definition) is 3. The van der Waals surface area contributed by atoms with Crippen LogP contribution in [-0.4, -0.2) is 61.0 Å². The lowest BCUT2D eigenvalue weighted by molar-refractivity contribution is -0.133. The van der Waals surface area contributed by atoms with Crippen molar-refractivity contribution in [2.75, 3.05) is 33.2 Å². The quantitative estimate of drug-likeness (QED) is 0.859. The Bertz CT molecular complexity index is 354. The molecule has 2 heterocycles. The minimum Gasteiger partial charge on any atom is -0.343 e. The minimum absolute atomic E-state index is 0.0768. The van der Waals surface area contributed by atoms with Gasteiger partial charge in [0.15, 0.2) is 0 Å². The van der Waals surface area contributed by atoms with Gasteiger partial charge in [0.1, 0.15) is 0 Å². The predicted molar refractivity (Wildman–Crippen MR) is 85.2 cm³/mol. The third-order valence-corrected chi connectivity index (χ3v) is 5.78. The van der Waals surface area contributed by atoms with E-state index in [0.29, 0.717) is 11.9 Å². The molecule has 21 heavy (non-hydrogen) atoms. The van der Waals surface area contributed by atoms with Gasteiger partial charge in [-0.25, -0.2) is 0 Å². The summed E-state index contributed by atoms with van der Waals surface area (Å²) in [5.41, 5.74) is 0. The van der Waals surface area contributed by atoms with Gasteiger partial charge >= 0.3 is 0 Å². The summed E-state index contributed by atoms with van der Waals surface area (Å²) >= 11 is 0. The molecule has 1 saturated carbocycles. The summed E-state index contributed by atoms with van der Waals surface area (Å²) in [6, 6.07) is 0.682. The molecular weight excluding hydrogens is 262 g/mol. The summed E-state index contributed by atoms with van der Waals surface area (Å²) in [7, 11) is 1.98. The van der Waals surface area contributed by atoms with Crippen molar-refractivity contribution in [2.24, 2.45) is 5.92 Å². The molecule has 1 aliphatic carbocycles. The first-order valence-electron chi connectivity index (χ1n) is 8.97. The Labute approximate surface area is 129 Å². The summed E-state index contributed by atoms with van der Waals surface area (Å²) in [5, 5.41) is 3.66. The Kier molecular flexibility index (Phi) is 5.17.